The molecule has 284 valence electrons. The van der Waals surface area contributed by atoms with Gasteiger partial charge in [0.1, 0.15) is 11.6 Å². The van der Waals surface area contributed by atoms with Crippen molar-refractivity contribution in [1.82, 2.24) is 20.5 Å². The number of carbonyl (C=O) groups excluding carboxylic acids is 4. The second-order valence-electron chi connectivity index (χ2n) is 14.4. The van der Waals surface area contributed by atoms with Crippen LogP contribution in [0.5, 0.6) is 0 Å². The molecule has 1 aliphatic carbocycles. The Hall–Kier alpha value is -4.78. The molecule has 1 fully saturated rings. The van der Waals surface area contributed by atoms with Crippen molar-refractivity contribution in [3.05, 3.63) is 83.6 Å². The molecule has 4 atom stereocenters. The molecule has 2 aromatic carbocycles. The molecule has 53 heavy (non-hydrogen) atoms. The molecule has 1 spiro atoms. The van der Waals surface area contributed by atoms with Crippen molar-refractivity contribution in [2.75, 3.05) is 6.54 Å². The van der Waals surface area contributed by atoms with Gasteiger partial charge in [0.25, 0.3) is 0 Å². The van der Waals surface area contributed by atoms with E-state index in [2.05, 4.69) is 26.6 Å². The van der Waals surface area contributed by atoms with Crippen LogP contribution >= 0.6 is 7.60 Å². The van der Waals surface area contributed by atoms with E-state index in [-0.39, 0.29) is 25.3 Å². The summed E-state index contributed by atoms with van der Waals surface area (Å²) in [6.07, 6.45) is 6.88. The molecule has 0 radical (unpaired) electrons. The van der Waals surface area contributed by atoms with Crippen molar-refractivity contribution in [2.24, 2.45) is 17.6 Å². The number of carboxylic acids is 1. The van der Waals surface area contributed by atoms with Crippen LogP contribution in [0.15, 0.2) is 66.9 Å². The van der Waals surface area contributed by atoms with E-state index >= 15 is 0 Å². The number of nitrogens with zero attached hydrogens (tertiary/aromatic N) is 1. The van der Waals surface area contributed by atoms with Gasteiger partial charge in [-0.05, 0) is 66.8 Å². The number of nitrogens with one attached hydrogen (secondary N) is 3. The third-order valence-electron chi connectivity index (χ3n) is 10.2. The van der Waals surface area contributed by atoms with Gasteiger partial charge in [-0.25, -0.2) is 0 Å². The highest BCUT2D eigenvalue weighted by Gasteiger charge is 2.45. The first-order valence-corrected chi connectivity index (χ1v) is 19.7. The van der Waals surface area contributed by atoms with Crippen LogP contribution in [0.25, 0.3) is 10.9 Å². The normalized spacial score (nSPS) is 23.6. The standard InChI is InChI=1S/C38H48N5O9P/c1-24-8-13-32-28(18-24)14-17-43(32)22-26-6-5-7-29(27-11-9-25(10-12-27)23-53(50,51)52)30(19-34(45)46)35(47)42-38(15-3-2-4-16-38)37(49)41-31(20-33(39)44)36(48)40-21-26/h5,7-14,17-18,26,29-31H,2-4,6,15-16,19-23H2,1H3,(H2,39,44)(H,40,48)(H,41,49)(H,42,47)(H,45,46)(H2,50,51,52)/b7-5+/t26-,29-,30+,31-/m1/s1. The van der Waals surface area contributed by atoms with Crippen LogP contribution in [-0.4, -0.2) is 67.2 Å². The van der Waals surface area contributed by atoms with Gasteiger partial charge in [0.05, 0.1) is 24.9 Å². The second kappa shape index (κ2) is 16.9. The van der Waals surface area contributed by atoms with Crippen LogP contribution in [0.2, 0.25) is 0 Å². The molecule has 4 amide bonds. The maximum absolute atomic E-state index is 14.3. The summed E-state index contributed by atoms with van der Waals surface area (Å²) in [4.78, 5) is 85.5. The largest absolute Gasteiger partial charge is 0.481 e. The van der Waals surface area contributed by atoms with Gasteiger partial charge in [0.2, 0.25) is 23.6 Å². The molecule has 14 nitrogen and oxygen atoms in total. The highest BCUT2D eigenvalue weighted by Crippen LogP contribution is 2.40. The van der Waals surface area contributed by atoms with E-state index in [0.717, 1.165) is 22.9 Å². The Labute approximate surface area is 307 Å². The predicted octanol–water partition coefficient (Wildman–Crippen LogP) is 3.37. The van der Waals surface area contributed by atoms with Gasteiger partial charge in [-0.2, -0.15) is 0 Å². The highest BCUT2D eigenvalue weighted by atomic mass is 31.2. The van der Waals surface area contributed by atoms with Gasteiger partial charge in [0.15, 0.2) is 0 Å². The summed E-state index contributed by atoms with van der Waals surface area (Å²) < 4.78 is 13.7. The number of carbonyl (C=O) groups is 5. The molecule has 15 heteroatoms. The van der Waals surface area contributed by atoms with Crippen molar-refractivity contribution in [3.8, 4) is 0 Å². The Balaban J connectivity index is 1.58. The molecule has 2 heterocycles. The Kier molecular flexibility index (Phi) is 12.6. The minimum atomic E-state index is -4.36. The molecule has 0 bridgehead atoms. The number of nitrogens with two attached hydrogens (primary N) is 1. The van der Waals surface area contributed by atoms with E-state index in [1.54, 1.807) is 30.3 Å². The summed E-state index contributed by atoms with van der Waals surface area (Å²) in [6.45, 7) is 2.63. The molecule has 0 unspecified atom stereocenters. The Bertz CT molecular complexity index is 1910. The average molecular weight is 750 g/mol. The maximum Gasteiger partial charge on any atom is 0.329 e. The molecule has 0 saturated heterocycles. The first-order chi connectivity index (χ1) is 25.1. The molecule has 3 aromatic rings. The Morgan fingerprint density at radius 1 is 0.981 bits per heavy atom. The number of benzene rings is 2. The number of aliphatic carboxylic acids is 1. The minimum absolute atomic E-state index is 0.155. The second-order valence-corrected chi connectivity index (χ2v) is 16.1. The monoisotopic (exact) mass is 749 g/mol. The minimum Gasteiger partial charge on any atom is -0.481 e. The van der Waals surface area contributed by atoms with Crippen molar-refractivity contribution in [3.63, 3.8) is 0 Å². The summed E-state index contributed by atoms with van der Waals surface area (Å²) in [5, 5.41) is 19.6. The van der Waals surface area contributed by atoms with E-state index in [9.17, 15) is 43.4 Å². The number of rotatable bonds is 9. The van der Waals surface area contributed by atoms with E-state index in [4.69, 9.17) is 5.73 Å². The fraction of sp³-hybridized carbons (Fsp3) is 0.447. The zero-order chi connectivity index (χ0) is 38.3. The van der Waals surface area contributed by atoms with E-state index in [1.807, 2.05) is 37.4 Å². The predicted molar refractivity (Wildman–Crippen MR) is 197 cm³/mol. The van der Waals surface area contributed by atoms with Gasteiger partial charge in [0, 0.05) is 30.7 Å². The van der Waals surface area contributed by atoms with E-state index in [1.165, 1.54) is 0 Å². The zero-order valence-electron chi connectivity index (χ0n) is 29.7. The Morgan fingerprint density at radius 3 is 2.36 bits per heavy atom. The zero-order valence-corrected chi connectivity index (χ0v) is 30.6. The molecular weight excluding hydrogens is 701 g/mol. The summed E-state index contributed by atoms with van der Waals surface area (Å²) >= 11 is 0. The van der Waals surface area contributed by atoms with Crippen molar-refractivity contribution >= 4 is 48.1 Å². The molecule has 1 saturated carbocycles. The fourth-order valence-electron chi connectivity index (χ4n) is 7.50. The number of hydrogen-bond acceptors (Lipinski definition) is 6. The summed E-state index contributed by atoms with van der Waals surface area (Å²) in [6, 6.07) is 13.1. The number of allylic oxidation sites excluding steroid dienone is 2. The number of primary amides is 1. The van der Waals surface area contributed by atoms with Crippen LogP contribution < -0.4 is 21.7 Å². The number of carboxylic acid groups (broad SMARTS) is 1. The lowest BCUT2D eigenvalue weighted by atomic mass is 9.78. The van der Waals surface area contributed by atoms with Gasteiger partial charge < -0.3 is 41.1 Å². The third kappa shape index (κ3) is 10.4. The maximum atomic E-state index is 14.3. The number of amides is 4. The first-order valence-electron chi connectivity index (χ1n) is 17.9. The SMILES string of the molecule is Cc1ccc2c(ccn2C[C@@H]2C/C=C/[C@H](c3ccc(CP(=O)(O)O)cc3)[C@H](CC(=O)O)C(=O)NC3(CCCCC3)C(=O)N[C@H](CC(N)=O)C(=O)NC2)c1. The molecule has 5 rings (SSSR count). The van der Waals surface area contributed by atoms with Gasteiger partial charge in [-0.1, -0.05) is 67.3 Å². The molecule has 1 aliphatic heterocycles. The quantitative estimate of drug-likeness (QED) is 0.125. The topological polar surface area (TPSA) is 230 Å². The third-order valence-corrected chi connectivity index (χ3v) is 11.0. The first kappa shape index (κ1) is 39.4. The van der Waals surface area contributed by atoms with Crippen LogP contribution in [0.4, 0.5) is 0 Å². The number of aromatic nitrogens is 1. The molecular formula is C38H48N5O9P. The van der Waals surface area contributed by atoms with Gasteiger partial charge in [-0.15, -0.1) is 0 Å². The van der Waals surface area contributed by atoms with Gasteiger partial charge in [-0.3, -0.25) is 28.5 Å². The lowest BCUT2D eigenvalue weighted by Crippen LogP contribution is -2.64. The molecule has 2 aliphatic rings. The fourth-order valence-corrected chi connectivity index (χ4v) is 8.18. The summed E-state index contributed by atoms with van der Waals surface area (Å²) in [5.41, 5.74) is 7.06. The summed E-state index contributed by atoms with van der Waals surface area (Å²) in [7, 11) is -4.36. The average Bonchev–Trinajstić information content (AvgIpc) is 3.48. The highest BCUT2D eigenvalue weighted by molar-refractivity contribution is 7.50. The van der Waals surface area contributed by atoms with Crippen LogP contribution in [0, 0.1) is 18.8 Å². The smallest absolute Gasteiger partial charge is 0.329 e. The van der Waals surface area contributed by atoms with E-state index in [0.29, 0.717) is 36.9 Å². The van der Waals surface area contributed by atoms with E-state index < -0.39 is 79.6 Å². The van der Waals surface area contributed by atoms with Crippen LogP contribution in [-0.2, 0) is 41.2 Å². The van der Waals surface area contributed by atoms with Crippen molar-refractivity contribution in [2.45, 2.75) is 88.5 Å². The number of fused-ring (bicyclic) bond motifs is 1. The summed E-state index contributed by atoms with van der Waals surface area (Å²) in [5.74, 6) is -6.18. The molecule has 8 N–H and O–H groups in total. The lowest BCUT2D eigenvalue weighted by Gasteiger charge is -2.39. The number of aryl methyl sites for hydroxylation is 1. The van der Waals surface area contributed by atoms with Crippen molar-refractivity contribution < 1.29 is 43.4 Å². The van der Waals surface area contributed by atoms with Gasteiger partial charge >= 0.3 is 13.6 Å². The lowest BCUT2D eigenvalue weighted by molar-refractivity contribution is -0.143. The number of hydrogen-bond donors (Lipinski definition) is 7. The molecule has 1 aromatic heterocycles. The van der Waals surface area contributed by atoms with Crippen LogP contribution in [0.1, 0.15) is 74.0 Å². The van der Waals surface area contributed by atoms with Crippen molar-refractivity contribution in [1.29, 1.82) is 0 Å². The Morgan fingerprint density at radius 2 is 1.70 bits per heavy atom. The van der Waals surface area contributed by atoms with Crippen LogP contribution in [0.3, 0.4) is 0 Å².